The number of carbonyl (C=O) groups is 3. The Labute approximate surface area is 286 Å². The lowest BCUT2D eigenvalue weighted by atomic mass is 9.83. The Bertz CT molecular complexity index is 1760. The van der Waals surface area contributed by atoms with Crippen molar-refractivity contribution in [3.63, 3.8) is 0 Å². The van der Waals surface area contributed by atoms with Gasteiger partial charge in [0.2, 0.25) is 5.91 Å². The molecule has 0 spiro atoms. The highest BCUT2D eigenvalue weighted by atomic mass is 35.5. The summed E-state index contributed by atoms with van der Waals surface area (Å²) in [7, 11) is 0. The standard InChI is InChI=1S/C35H33ClN4O5S2/c1-35(2)28-22-26(47(44)45)18-19-29(28)38(21-11-20-37-31(41)23-36)30(35)17-10-9-16-27-32(42)39(24-12-5-3-6-13-24)34(46)40(33(27)43)25-14-7-4-8-15-25/h3-10,12-19,22H,11,20-21,23H2,1-2H3,(H,37,41)(H,44,45)/b10-9+,30-17+. The molecule has 47 heavy (non-hydrogen) atoms. The summed E-state index contributed by atoms with van der Waals surface area (Å²) in [4.78, 5) is 44.3. The Balaban J connectivity index is 1.49. The summed E-state index contributed by atoms with van der Waals surface area (Å²) in [6.07, 6.45) is 7.41. The molecule has 242 valence electrons. The Morgan fingerprint density at radius 2 is 1.51 bits per heavy atom. The Kier molecular flexibility index (Phi) is 10.5. The number of hydrogen-bond donors (Lipinski definition) is 2. The predicted molar refractivity (Wildman–Crippen MR) is 190 cm³/mol. The van der Waals surface area contributed by atoms with Gasteiger partial charge in [0, 0.05) is 29.9 Å². The maximum atomic E-state index is 13.8. The molecule has 2 aliphatic heterocycles. The number of allylic oxidation sites excluding steroid dienone is 5. The van der Waals surface area contributed by atoms with Crippen molar-refractivity contribution in [1.82, 2.24) is 5.32 Å². The molecule has 1 saturated heterocycles. The molecule has 3 amide bonds. The Morgan fingerprint density at radius 3 is 2.06 bits per heavy atom. The molecule has 0 saturated carbocycles. The first-order chi connectivity index (χ1) is 22.6. The van der Waals surface area contributed by atoms with Crippen LogP contribution < -0.4 is 20.0 Å². The number of anilines is 3. The van der Waals surface area contributed by atoms with Crippen LogP contribution >= 0.6 is 23.8 Å². The number of fused-ring (bicyclic) bond motifs is 1. The van der Waals surface area contributed by atoms with E-state index in [1.165, 1.54) is 15.9 Å². The quantitative estimate of drug-likeness (QED) is 0.0688. The molecule has 0 radical (unpaired) electrons. The van der Waals surface area contributed by atoms with E-state index in [4.69, 9.17) is 23.8 Å². The Morgan fingerprint density at radius 1 is 0.936 bits per heavy atom. The van der Waals surface area contributed by atoms with Gasteiger partial charge in [0.05, 0.1) is 16.3 Å². The summed E-state index contributed by atoms with van der Waals surface area (Å²) in [6.45, 7) is 5.02. The van der Waals surface area contributed by atoms with E-state index in [9.17, 15) is 23.1 Å². The lowest BCUT2D eigenvalue weighted by Gasteiger charge is -2.36. The molecule has 3 aromatic rings. The van der Waals surface area contributed by atoms with Crippen molar-refractivity contribution < 1.29 is 23.1 Å². The minimum Gasteiger partial charge on any atom is -0.355 e. The predicted octanol–water partition coefficient (Wildman–Crippen LogP) is 5.84. The van der Waals surface area contributed by atoms with Gasteiger partial charge in [-0.2, -0.15) is 0 Å². The lowest BCUT2D eigenvalue weighted by molar-refractivity contribution is -0.121. The van der Waals surface area contributed by atoms with Gasteiger partial charge >= 0.3 is 0 Å². The summed E-state index contributed by atoms with van der Waals surface area (Å²) in [5.41, 5.74) is 3.12. The second-order valence-electron chi connectivity index (χ2n) is 11.3. The molecule has 0 bridgehead atoms. The van der Waals surface area contributed by atoms with E-state index < -0.39 is 28.3 Å². The van der Waals surface area contributed by atoms with E-state index in [1.54, 1.807) is 72.8 Å². The van der Waals surface area contributed by atoms with Crippen LogP contribution in [0.15, 0.2) is 119 Å². The highest BCUT2D eigenvalue weighted by Gasteiger charge is 2.42. The summed E-state index contributed by atoms with van der Waals surface area (Å²) >= 11 is 9.15. The van der Waals surface area contributed by atoms with Crippen LogP contribution in [0.4, 0.5) is 17.1 Å². The topological polar surface area (TPSA) is 110 Å². The summed E-state index contributed by atoms with van der Waals surface area (Å²) in [5, 5.41) is 2.84. The highest BCUT2D eigenvalue weighted by molar-refractivity contribution is 7.81. The molecular weight excluding hydrogens is 656 g/mol. The van der Waals surface area contributed by atoms with E-state index in [2.05, 4.69) is 10.2 Å². The number of rotatable bonds is 10. The van der Waals surface area contributed by atoms with Gasteiger partial charge < -0.3 is 14.8 Å². The largest absolute Gasteiger partial charge is 0.355 e. The number of nitrogens with one attached hydrogen (secondary N) is 1. The van der Waals surface area contributed by atoms with Gasteiger partial charge in [0.25, 0.3) is 11.8 Å². The molecule has 2 N–H and O–H groups in total. The average molecular weight is 689 g/mol. The zero-order valence-electron chi connectivity index (χ0n) is 25.8. The minimum atomic E-state index is -2.14. The van der Waals surface area contributed by atoms with Crippen molar-refractivity contribution in [1.29, 1.82) is 0 Å². The van der Waals surface area contributed by atoms with Crippen molar-refractivity contribution in [2.45, 2.75) is 30.6 Å². The smallest absolute Gasteiger partial charge is 0.270 e. The summed E-state index contributed by atoms with van der Waals surface area (Å²) < 4.78 is 21.6. The molecule has 1 atom stereocenters. The van der Waals surface area contributed by atoms with Crippen LogP contribution in [0.2, 0.25) is 0 Å². The normalized spacial score (nSPS) is 17.4. The number of halogens is 1. The number of thiocarbonyl (C=S) groups is 1. The van der Waals surface area contributed by atoms with Crippen LogP contribution in [0.25, 0.3) is 0 Å². The van der Waals surface area contributed by atoms with Crippen LogP contribution in [0, 0.1) is 0 Å². The Hall–Kier alpha value is -4.42. The molecule has 5 rings (SSSR count). The van der Waals surface area contributed by atoms with E-state index >= 15 is 0 Å². The first-order valence-electron chi connectivity index (χ1n) is 14.8. The third-order valence-electron chi connectivity index (χ3n) is 7.97. The zero-order chi connectivity index (χ0) is 33.7. The molecule has 9 nitrogen and oxygen atoms in total. The van der Waals surface area contributed by atoms with Crippen molar-refractivity contribution >= 4 is 74.8 Å². The minimum absolute atomic E-state index is 0.0584. The van der Waals surface area contributed by atoms with E-state index in [0.29, 0.717) is 35.8 Å². The number of para-hydroxylation sites is 2. The van der Waals surface area contributed by atoms with Crippen LogP contribution in [-0.2, 0) is 30.9 Å². The van der Waals surface area contributed by atoms with Gasteiger partial charge in [0.15, 0.2) is 16.2 Å². The summed E-state index contributed by atoms with van der Waals surface area (Å²) in [5.74, 6) is -1.43. The lowest BCUT2D eigenvalue weighted by Crippen LogP contribution is -2.57. The van der Waals surface area contributed by atoms with E-state index in [1.807, 2.05) is 38.1 Å². The maximum Gasteiger partial charge on any atom is 0.270 e. The van der Waals surface area contributed by atoms with Gasteiger partial charge in [-0.3, -0.25) is 24.2 Å². The number of alkyl halides is 1. The van der Waals surface area contributed by atoms with Crippen molar-refractivity contribution in [3.8, 4) is 0 Å². The van der Waals surface area contributed by atoms with Crippen molar-refractivity contribution in [2.24, 2.45) is 0 Å². The van der Waals surface area contributed by atoms with Gasteiger partial charge in [-0.1, -0.05) is 62.4 Å². The van der Waals surface area contributed by atoms with Crippen LogP contribution in [-0.4, -0.2) is 50.6 Å². The molecule has 2 aliphatic rings. The second kappa shape index (κ2) is 14.6. The molecule has 1 unspecified atom stereocenters. The van der Waals surface area contributed by atoms with Gasteiger partial charge in [-0.15, -0.1) is 11.6 Å². The van der Waals surface area contributed by atoms with Gasteiger partial charge in [-0.25, -0.2) is 4.21 Å². The van der Waals surface area contributed by atoms with Crippen LogP contribution in [0.1, 0.15) is 25.8 Å². The van der Waals surface area contributed by atoms with Gasteiger partial charge in [-0.05, 0) is 78.8 Å². The monoisotopic (exact) mass is 688 g/mol. The fourth-order valence-corrected chi connectivity index (χ4v) is 6.55. The summed E-state index contributed by atoms with van der Waals surface area (Å²) in [6, 6.07) is 23.1. The highest BCUT2D eigenvalue weighted by Crippen LogP contribution is 2.48. The maximum absolute atomic E-state index is 13.8. The van der Waals surface area contributed by atoms with Crippen molar-refractivity contribution in [3.05, 3.63) is 120 Å². The third-order valence-corrected chi connectivity index (χ3v) is 9.24. The SMILES string of the molecule is CC1(C)/C(=C\C=C\C=C2C(=O)N(c3ccccc3)C(=S)N(c3ccccc3)C2=O)N(CCCNC(=O)CCl)c2ccc(S(=O)O)cc21. The van der Waals surface area contributed by atoms with Crippen LogP contribution in [0.5, 0.6) is 0 Å². The molecule has 2 heterocycles. The molecular formula is C35H33ClN4O5S2. The van der Waals surface area contributed by atoms with Gasteiger partial charge in [0.1, 0.15) is 11.5 Å². The number of benzene rings is 3. The second-order valence-corrected chi connectivity index (χ2v) is 12.9. The molecule has 0 aliphatic carbocycles. The molecule has 12 heteroatoms. The first kappa shape index (κ1) is 33.9. The van der Waals surface area contributed by atoms with E-state index in [0.717, 1.165) is 16.9 Å². The molecule has 1 fully saturated rings. The fraction of sp³-hybridized carbons (Fsp3) is 0.200. The fourth-order valence-electron chi connectivity index (χ4n) is 5.67. The third kappa shape index (κ3) is 6.98. The molecule has 0 aromatic heterocycles. The van der Waals surface area contributed by atoms with E-state index in [-0.39, 0.29) is 22.5 Å². The average Bonchev–Trinajstić information content (AvgIpc) is 3.28. The zero-order valence-corrected chi connectivity index (χ0v) is 28.1. The number of carbonyl (C=O) groups excluding carboxylic acids is 3. The first-order valence-corrected chi connectivity index (χ1v) is 16.9. The molecule has 3 aromatic carbocycles. The number of hydrogen-bond acceptors (Lipinski definition) is 6. The van der Waals surface area contributed by atoms with Crippen LogP contribution in [0.3, 0.4) is 0 Å². The number of nitrogens with zero attached hydrogens (tertiary/aromatic N) is 3. The van der Waals surface area contributed by atoms with Crippen molar-refractivity contribution in [2.75, 3.05) is 33.7 Å². The number of amides is 3.